The van der Waals surface area contributed by atoms with Crippen molar-refractivity contribution in [1.29, 1.82) is 5.26 Å². The van der Waals surface area contributed by atoms with Crippen molar-refractivity contribution in [1.82, 2.24) is 4.57 Å². The fourth-order valence-electron chi connectivity index (χ4n) is 1.64. The second kappa shape index (κ2) is 4.01. The molecule has 0 spiro atoms. The van der Waals surface area contributed by atoms with Crippen molar-refractivity contribution in [2.45, 2.75) is 39.7 Å². The minimum Gasteiger partial charge on any atom is -0.493 e. The molecule has 4 heteroatoms. The van der Waals surface area contributed by atoms with Crippen LogP contribution in [-0.4, -0.2) is 9.67 Å². The minimum atomic E-state index is -0.339. The van der Waals surface area contributed by atoms with Crippen LogP contribution in [0.1, 0.15) is 38.8 Å². The van der Waals surface area contributed by atoms with Gasteiger partial charge in [-0.3, -0.25) is 9.36 Å². The summed E-state index contributed by atoms with van der Waals surface area (Å²) in [7, 11) is 0. The quantitative estimate of drug-likeness (QED) is 0.784. The number of pyridine rings is 1. The van der Waals surface area contributed by atoms with Crippen LogP contribution in [0.25, 0.3) is 0 Å². The Labute approximate surface area is 94.8 Å². The fraction of sp³-hybridized carbons (Fsp3) is 0.500. The van der Waals surface area contributed by atoms with E-state index in [1.54, 1.807) is 6.92 Å². The summed E-state index contributed by atoms with van der Waals surface area (Å²) in [5.74, 6) is -0.234. The van der Waals surface area contributed by atoms with E-state index in [9.17, 15) is 9.90 Å². The van der Waals surface area contributed by atoms with E-state index >= 15 is 0 Å². The summed E-state index contributed by atoms with van der Waals surface area (Å²) in [4.78, 5) is 11.7. The topological polar surface area (TPSA) is 66.0 Å². The van der Waals surface area contributed by atoms with Gasteiger partial charge < -0.3 is 5.11 Å². The molecule has 0 amide bonds. The zero-order valence-corrected chi connectivity index (χ0v) is 10.0. The summed E-state index contributed by atoms with van der Waals surface area (Å²) in [6.45, 7) is 7.80. The highest BCUT2D eigenvalue weighted by Gasteiger charge is 2.23. The van der Waals surface area contributed by atoms with E-state index in [1.807, 2.05) is 26.8 Å². The van der Waals surface area contributed by atoms with E-state index in [1.165, 1.54) is 10.6 Å². The van der Waals surface area contributed by atoms with E-state index in [4.69, 9.17) is 5.26 Å². The first-order valence-electron chi connectivity index (χ1n) is 5.20. The number of hydrogen-bond donors (Lipinski definition) is 1. The van der Waals surface area contributed by atoms with Gasteiger partial charge in [-0.2, -0.15) is 5.26 Å². The highest BCUT2D eigenvalue weighted by atomic mass is 16.3. The molecule has 16 heavy (non-hydrogen) atoms. The first-order valence-corrected chi connectivity index (χ1v) is 5.20. The Balaban J connectivity index is 3.69. The fourth-order valence-corrected chi connectivity index (χ4v) is 1.64. The monoisotopic (exact) mass is 220 g/mol. The number of rotatable bonds is 1. The molecule has 1 aromatic rings. The van der Waals surface area contributed by atoms with E-state index in [0.717, 1.165) is 0 Å². The third kappa shape index (κ3) is 1.94. The lowest BCUT2D eigenvalue weighted by Crippen LogP contribution is -2.24. The zero-order chi connectivity index (χ0) is 12.5. The molecule has 4 nitrogen and oxygen atoms in total. The number of nitrogens with zero attached hydrogens (tertiary/aromatic N) is 2. The normalized spacial score (nSPS) is 11.2. The summed E-state index contributed by atoms with van der Waals surface area (Å²) in [6, 6.07) is 3.39. The van der Waals surface area contributed by atoms with Gasteiger partial charge in [-0.15, -0.1) is 0 Å². The lowest BCUT2D eigenvalue weighted by atomic mass is 9.84. The summed E-state index contributed by atoms with van der Waals surface area (Å²) in [5.41, 5.74) is 0.161. The van der Waals surface area contributed by atoms with E-state index in [-0.39, 0.29) is 22.4 Å². The Morgan fingerprint density at radius 3 is 2.44 bits per heavy atom. The minimum absolute atomic E-state index is 0.189. The smallest absolute Gasteiger partial charge is 0.253 e. The summed E-state index contributed by atoms with van der Waals surface area (Å²) in [6.07, 6.45) is 0. The van der Waals surface area contributed by atoms with Crippen LogP contribution >= 0.6 is 0 Å². The molecule has 0 bridgehead atoms. The molecule has 86 valence electrons. The summed E-state index contributed by atoms with van der Waals surface area (Å²) in [5, 5.41) is 18.9. The molecule has 0 saturated heterocycles. The highest BCUT2D eigenvalue weighted by molar-refractivity contribution is 5.47. The maximum atomic E-state index is 11.7. The van der Waals surface area contributed by atoms with Crippen LogP contribution in [0.4, 0.5) is 0 Å². The standard InChI is InChI=1S/C12H16N2O2/c1-5-14-10(15)6-9(12(2,3)4)8(7-13)11(14)16/h6,16H,5H2,1-4H3. The Bertz CT molecular complexity index is 501. The molecule has 0 fully saturated rings. The molecule has 0 aliphatic heterocycles. The van der Waals surface area contributed by atoms with Crippen LogP contribution in [0.3, 0.4) is 0 Å². The SMILES string of the molecule is CCn1c(O)c(C#N)c(C(C)(C)C)cc1=O. The van der Waals surface area contributed by atoms with Gasteiger partial charge in [0.1, 0.15) is 11.6 Å². The highest BCUT2D eigenvalue weighted by Crippen LogP contribution is 2.28. The van der Waals surface area contributed by atoms with Crippen molar-refractivity contribution in [2.24, 2.45) is 0 Å². The number of aromatic hydroxyl groups is 1. The average molecular weight is 220 g/mol. The first-order chi connectivity index (χ1) is 7.32. The van der Waals surface area contributed by atoms with Gasteiger partial charge in [0, 0.05) is 12.6 Å². The molecule has 0 atom stereocenters. The predicted molar refractivity (Wildman–Crippen MR) is 61.5 cm³/mol. The zero-order valence-electron chi connectivity index (χ0n) is 10.0. The summed E-state index contributed by atoms with van der Waals surface area (Å²) < 4.78 is 1.19. The van der Waals surface area contributed by atoms with Gasteiger partial charge in [-0.25, -0.2) is 0 Å². The molecule has 0 radical (unpaired) electrons. The van der Waals surface area contributed by atoms with Crippen LogP contribution in [0, 0.1) is 11.3 Å². The van der Waals surface area contributed by atoms with E-state index in [0.29, 0.717) is 12.1 Å². The van der Waals surface area contributed by atoms with Gasteiger partial charge in [-0.05, 0) is 17.9 Å². The van der Waals surface area contributed by atoms with Gasteiger partial charge in [0.05, 0.1) is 0 Å². The van der Waals surface area contributed by atoms with Gasteiger partial charge in [-0.1, -0.05) is 20.8 Å². The molecule has 0 aliphatic carbocycles. The second-order valence-corrected chi connectivity index (χ2v) is 4.70. The van der Waals surface area contributed by atoms with Crippen molar-refractivity contribution in [3.8, 4) is 11.9 Å². The largest absolute Gasteiger partial charge is 0.493 e. The average Bonchev–Trinajstić information content (AvgIpc) is 2.16. The van der Waals surface area contributed by atoms with Crippen LogP contribution in [0.15, 0.2) is 10.9 Å². The number of hydrogen-bond acceptors (Lipinski definition) is 3. The number of aromatic nitrogens is 1. The molecule has 1 heterocycles. The van der Waals surface area contributed by atoms with Crippen LogP contribution in [0.2, 0.25) is 0 Å². The third-order valence-corrected chi connectivity index (χ3v) is 2.52. The Kier molecular flexibility index (Phi) is 3.09. The molecule has 1 N–H and O–H groups in total. The van der Waals surface area contributed by atoms with Crippen molar-refractivity contribution in [3.63, 3.8) is 0 Å². The van der Waals surface area contributed by atoms with Gasteiger partial charge >= 0.3 is 0 Å². The van der Waals surface area contributed by atoms with E-state index < -0.39 is 0 Å². The van der Waals surface area contributed by atoms with E-state index in [2.05, 4.69) is 0 Å². The molecular weight excluding hydrogens is 204 g/mol. The van der Waals surface area contributed by atoms with Crippen LogP contribution in [0.5, 0.6) is 5.88 Å². The molecule has 1 aromatic heterocycles. The Hall–Kier alpha value is -1.76. The molecule has 0 saturated carbocycles. The van der Waals surface area contributed by atoms with Gasteiger partial charge in [0.15, 0.2) is 0 Å². The lowest BCUT2D eigenvalue weighted by molar-refractivity contribution is 0.405. The Morgan fingerprint density at radius 1 is 1.50 bits per heavy atom. The molecule has 1 rings (SSSR count). The van der Waals surface area contributed by atoms with Crippen molar-refractivity contribution in [2.75, 3.05) is 0 Å². The summed E-state index contributed by atoms with van der Waals surface area (Å²) >= 11 is 0. The lowest BCUT2D eigenvalue weighted by Gasteiger charge is -2.21. The van der Waals surface area contributed by atoms with Gasteiger partial charge in [0.2, 0.25) is 5.88 Å². The maximum Gasteiger partial charge on any atom is 0.253 e. The van der Waals surface area contributed by atoms with Crippen LogP contribution < -0.4 is 5.56 Å². The maximum absolute atomic E-state index is 11.7. The molecular formula is C12H16N2O2. The molecule has 0 aromatic carbocycles. The Morgan fingerprint density at radius 2 is 2.06 bits per heavy atom. The number of nitriles is 1. The van der Waals surface area contributed by atoms with Crippen molar-refractivity contribution < 1.29 is 5.11 Å². The van der Waals surface area contributed by atoms with Crippen molar-refractivity contribution in [3.05, 3.63) is 27.5 Å². The molecule has 0 unspecified atom stereocenters. The van der Waals surface area contributed by atoms with Crippen LogP contribution in [-0.2, 0) is 12.0 Å². The first kappa shape index (κ1) is 12.3. The van der Waals surface area contributed by atoms with Gasteiger partial charge in [0.25, 0.3) is 5.56 Å². The predicted octanol–water partition coefficient (Wildman–Crippen LogP) is 1.74. The second-order valence-electron chi connectivity index (χ2n) is 4.70. The van der Waals surface area contributed by atoms with Crippen molar-refractivity contribution >= 4 is 0 Å². The molecule has 0 aliphatic rings. The third-order valence-electron chi connectivity index (χ3n) is 2.52.